The lowest BCUT2D eigenvalue weighted by Gasteiger charge is -2.13. The molecule has 0 aliphatic heterocycles. The van der Waals surface area contributed by atoms with Gasteiger partial charge in [-0.2, -0.15) is 0 Å². The van der Waals surface area contributed by atoms with E-state index >= 15 is 0 Å². The van der Waals surface area contributed by atoms with Gasteiger partial charge in [-0.15, -0.1) is 0 Å². The largest absolute Gasteiger partial charge is 0.480 e. The number of rotatable bonds is 4. The standard InChI is InChI=1S/C9H11ClN2O2S/c1-5(2)7(8(13)14)15-9-11-3-6(10)4-12-9/h3-5,7H,1-2H3,(H,13,14). The van der Waals surface area contributed by atoms with Gasteiger partial charge in [-0.05, 0) is 5.92 Å². The number of hydrogen-bond acceptors (Lipinski definition) is 4. The van der Waals surface area contributed by atoms with E-state index in [1.54, 1.807) is 0 Å². The SMILES string of the molecule is CC(C)C(Sc1ncc(Cl)cn1)C(=O)O. The van der Waals surface area contributed by atoms with Crippen LogP contribution in [0.5, 0.6) is 0 Å². The van der Waals surface area contributed by atoms with E-state index in [4.69, 9.17) is 16.7 Å². The number of carboxylic acids is 1. The van der Waals surface area contributed by atoms with Crippen LogP contribution in [0, 0.1) is 5.92 Å². The second-order valence-corrected chi connectivity index (χ2v) is 4.85. The zero-order valence-corrected chi connectivity index (χ0v) is 9.92. The molecule has 15 heavy (non-hydrogen) atoms. The first-order valence-electron chi connectivity index (χ1n) is 4.37. The van der Waals surface area contributed by atoms with Crippen molar-refractivity contribution in [3.63, 3.8) is 0 Å². The number of halogens is 1. The lowest BCUT2D eigenvalue weighted by molar-refractivity contribution is -0.137. The molecule has 82 valence electrons. The van der Waals surface area contributed by atoms with E-state index in [1.165, 1.54) is 12.4 Å². The molecule has 0 amide bonds. The van der Waals surface area contributed by atoms with Gasteiger partial charge in [0.1, 0.15) is 5.25 Å². The predicted octanol–water partition coefficient (Wildman–Crippen LogP) is 2.33. The van der Waals surface area contributed by atoms with E-state index < -0.39 is 11.2 Å². The third kappa shape index (κ3) is 3.68. The van der Waals surface area contributed by atoms with E-state index in [2.05, 4.69) is 9.97 Å². The average molecular weight is 247 g/mol. The van der Waals surface area contributed by atoms with Gasteiger partial charge in [-0.3, -0.25) is 4.79 Å². The van der Waals surface area contributed by atoms with Crippen molar-refractivity contribution in [3.8, 4) is 0 Å². The van der Waals surface area contributed by atoms with Crippen LogP contribution in [0.25, 0.3) is 0 Å². The summed E-state index contributed by atoms with van der Waals surface area (Å²) in [4.78, 5) is 18.8. The van der Waals surface area contributed by atoms with Crippen LogP contribution in [0.1, 0.15) is 13.8 Å². The number of carbonyl (C=O) groups is 1. The second kappa shape index (κ2) is 5.32. The van der Waals surface area contributed by atoms with Gasteiger partial charge in [0.05, 0.1) is 17.4 Å². The third-order valence-electron chi connectivity index (χ3n) is 1.68. The molecule has 0 saturated heterocycles. The summed E-state index contributed by atoms with van der Waals surface area (Å²) in [6, 6.07) is 0. The zero-order chi connectivity index (χ0) is 11.4. The first-order chi connectivity index (χ1) is 7.00. The predicted molar refractivity (Wildman–Crippen MR) is 59.2 cm³/mol. The van der Waals surface area contributed by atoms with Crippen LogP contribution in [0.4, 0.5) is 0 Å². The molecule has 1 aromatic rings. The number of hydrogen-bond donors (Lipinski definition) is 1. The van der Waals surface area contributed by atoms with E-state index in [0.717, 1.165) is 11.8 Å². The molecule has 0 aliphatic carbocycles. The van der Waals surface area contributed by atoms with Gasteiger partial charge in [0.25, 0.3) is 0 Å². The summed E-state index contributed by atoms with van der Waals surface area (Å²) >= 11 is 6.76. The summed E-state index contributed by atoms with van der Waals surface area (Å²) in [7, 11) is 0. The summed E-state index contributed by atoms with van der Waals surface area (Å²) in [5.74, 6) is -0.833. The fourth-order valence-corrected chi connectivity index (χ4v) is 1.87. The maximum absolute atomic E-state index is 10.9. The zero-order valence-electron chi connectivity index (χ0n) is 8.35. The molecule has 0 fully saturated rings. The molecule has 0 aliphatic rings. The Hall–Kier alpha value is -0.810. The Balaban J connectivity index is 2.74. The molecule has 0 spiro atoms. The van der Waals surface area contributed by atoms with E-state index in [9.17, 15) is 4.79 Å². The van der Waals surface area contributed by atoms with Crippen LogP contribution in [0.3, 0.4) is 0 Å². The van der Waals surface area contributed by atoms with Crippen LogP contribution in [0.15, 0.2) is 17.6 Å². The summed E-state index contributed by atoms with van der Waals surface area (Å²) in [5, 5.41) is 9.29. The van der Waals surface area contributed by atoms with Crippen molar-refractivity contribution in [2.24, 2.45) is 5.92 Å². The lowest BCUT2D eigenvalue weighted by Crippen LogP contribution is -2.22. The number of thioether (sulfide) groups is 1. The van der Waals surface area contributed by atoms with Gasteiger partial charge in [-0.1, -0.05) is 37.2 Å². The Labute approximate surface area is 97.1 Å². The summed E-state index contributed by atoms with van der Waals surface area (Å²) in [6.45, 7) is 3.70. The Morgan fingerprint density at radius 3 is 2.40 bits per heavy atom. The van der Waals surface area contributed by atoms with E-state index in [0.29, 0.717) is 10.2 Å². The molecule has 1 atom stereocenters. The van der Waals surface area contributed by atoms with Crippen molar-refractivity contribution in [2.75, 3.05) is 0 Å². The highest BCUT2D eigenvalue weighted by Crippen LogP contribution is 2.25. The minimum atomic E-state index is -0.853. The topological polar surface area (TPSA) is 63.1 Å². The molecule has 1 rings (SSSR count). The van der Waals surface area contributed by atoms with E-state index in [1.807, 2.05) is 13.8 Å². The van der Waals surface area contributed by atoms with Crippen molar-refractivity contribution in [1.82, 2.24) is 9.97 Å². The molecular weight excluding hydrogens is 236 g/mol. The van der Waals surface area contributed by atoms with Crippen LogP contribution < -0.4 is 0 Å². The van der Waals surface area contributed by atoms with Crippen molar-refractivity contribution in [3.05, 3.63) is 17.4 Å². The summed E-state index contributed by atoms with van der Waals surface area (Å²) < 4.78 is 0. The minimum Gasteiger partial charge on any atom is -0.480 e. The molecule has 1 unspecified atom stereocenters. The van der Waals surface area contributed by atoms with Gasteiger partial charge in [-0.25, -0.2) is 9.97 Å². The molecule has 1 heterocycles. The monoisotopic (exact) mass is 246 g/mol. The molecule has 0 saturated carbocycles. The van der Waals surface area contributed by atoms with Crippen LogP contribution in [-0.4, -0.2) is 26.3 Å². The van der Waals surface area contributed by atoms with Crippen molar-refractivity contribution in [1.29, 1.82) is 0 Å². The highest BCUT2D eigenvalue weighted by atomic mass is 35.5. The van der Waals surface area contributed by atoms with Crippen molar-refractivity contribution in [2.45, 2.75) is 24.3 Å². The Bertz CT molecular complexity index is 342. The molecule has 0 aromatic carbocycles. The minimum absolute atomic E-state index is 0.0202. The lowest BCUT2D eigenvalue weighted by atomic mass is 10.1. The van der Waals surface area contributed by atoms with Gasteiger partial charge >= 0.3 is 5.97 Å². The summed E-state index contributed by atoms with van der Waals surface area (Å²) in [5.41, 5.74) is 0. The Morgan fingerprint density at radius 2 is 2.00 bits per heavy atom. The molecule has 1 N–H and O–H groups in total. The fourth-order valence-electron chi connectivity index (χ4n) is 0.947. The second-order valence-electron chi connectivity index (χ2n) is 3.30. The van der Waals surface area contributed by atoms with Crippen LogP contribution >= 0.6 is 23.4 Å². The van der Waals surface area contributed by atoms with Gasteiger partial charge < -0.3 is 5.11 Å². The number of aromatic nitrogens is 2. The number of aliphatic carboxylic acids is 1. The fraction of sp³-hybridized carbons (Fsp3) is 0.444. The first kappa shape index (κ1) is 12.3. The molecule has 0 bridgehead atoms. The number of carboxylic acid groups (broad SMARTS) is 1. The highest BCUT2D eigenvalue weighted by molar-refractivity contribution is 8.00. The van der Waals surface area contributed by atoms with Crippen LogP contribution in [-0.2, 0) is 4.79 Å². The van der Waals surface area contributed by atoms with Crippen molar-refractivity contribution < 1.29 is 9.90 Å². The van der Waals surface area contributed by atoms with Gasteiger partial charge in [0, 0.05) is 0 Å². The molecule has 6 heteroatoms. The number of nitrogens with zero attached hydrogens (tertiary/aromatic N) is 2. The third-order valence-corrected chi connectivity index (χ3v) is 3.29. The maximum atomic E-state index is 10.9. The quantitative estimate of drug-likeness (QED) is 0.653. The highest BCUT2D eigenvalue weighted by Gasteiger charge is 2.23. The smallest absolute Gasteiger partial charge is 0.317 e. The average Bonchev–Trinajstić information content (AvgIpc) is 2.15. The van der Waals surface area contributed by atoms with Gasteiger partial charge in [0.2, 0.25) is 0 Å². The molecular formula is C9H11ClN2O2S. The van der Waals surface area contributed by atoms with Gasteiger partial charge in [0.15, 0.2) is 5.16 Å². The first-order valence-corrected chi connectivity index (χ1v) is 5.63. The normalized spacial score (nSPS) is 12.8. The molecule has 1 aromatic heterocycles. The maximum Gasteiger partial charge on any atom is 0.317 e. The van der Waals surface area contributed by atoms with E-state index in [-0.39, 0.29) is 5.92 Å². The van der Waals surface area contributed by atoms with Crippen molar-refractivity contribution >= 4 is 29.3 Å². The Morgan fingerprint density at radius 1 is 1.47 bits per heavy atom. The molecule has 4 nitrogen and oxygen atoms in total. The molecule has 0 radical (unpaired) electrons. The van der Waals surface area contributed by atoms with Crippen LogP contribution in [0.2, 0.25) is 5.02 Å². The summed E-state index contributed by atoms with van der Waals surface area (Å²) in [6.07, 6.45) is 2.91. The Kier molecular flexibility index (Phi) is 4.35.